The standard InChI is InChI=1S/C10H12O2/c1-8(11)6-7-9-4-2-3-5-10(9)12/h2-8,11-12H,1H3/b7-6+/t8-/m0/s1. The van der Waals surface area contributed by atoms with Gasteiger partial charge in [-0.1, -0.05) is 30.4 Å². The van der Waals surface area contributed by atoms with Crippen molar-refractivity contribution in [3.63, 3.8) is 0 Å². The fourth-order valence-electron chi connectivity index (χ4n) is 0.871. The van der Waals surface area contributed by atoms with E-state index in [1.165, 1.54) is 0 Å². The molecule has 2 heteroatoms. The van der Waals surface area contributed by atoms with Gasteiger partial charge in [-0.3, -0.25) is 0 Å². The summed E-state index contributed by atoms with van der Waals surface area (Å²) in [6.07, 6.45) is 2.83. The molecule has 0 spiro atoms. The first kappa shape index (κ1) is 8.81. The molecule has 0 amide bonds. The Morgan fingerprint density at radius 3 is 2.58 bits per heavy atom. The first-order chi connectivity index (χ1) is 5.70. The Bertz CT molecular complexity index is 277. The maximum Gasteiger partial charge on any atom is 0.122 e. The van der Waals surface area contributed by atoms with Gasteiger partial charge in [0, 0.05) is 5.56 Å². The highest BCUT2D eigenvalue weighted by molar-refractivity contribution is 5.56. The van der Waals surface area contributed by atoms with E-state index in [1.807, 2.05) is 6.07 Å². The number of para-hydroxylation sites is 1. The fraction of sp³-hybridized carbons (Fsp3) is 0.200. The molecule has 2 N–H and O–H groups in total. The minimum Gasteiger partial charge on any atom is -0.507 e. The fourth-order valence-corrected chi connectivity index (χ4v) is 0.871. The van der Waals surface area contributed by atoms with E-state index in [1.54, 1.807) is 37.3 Å². The second-order valence-corrected chi connectivity index (χ2v) is 2.66. The van der Waals surface area contributed by atoms with Gasteiger partial charge in [0.25, 0.3) is 0 Å². The van der Waals surface area contributed by atoms with Crippen molar-refractivity contribution in [2.75, 3.05) is 0 Å². The van der Waals surface area contributed by atoms with E-state index in [4.69, 9.17) is 5.11 Å². The summed E-state index contributed by atoms with van der Waals surface area (Å²) in [4.78, 5) is 0. The van der Waals surface area contributed by atoms with Crippen LogP contribution in [0, 0.1) is 0 Å². The highest BCUT2D eigenvalue weighted by atomic mass is 16.3. The molecule has 0 aliphatic heterocycles. The zero-order chi connectivity index (χ0) is 8.97. The van der Waals surface area contributed by atoms with Gasteiger partial charge in [-0.25, -0.2) is 0 Å². The highest BCUT2D eigenvalue weighted by Gasteiger charge is 1.93. The van der Waals surface area contributed by atoms with Crippen molar-refractivity contribution in [3.8, 4) is 5.75 Å². The summed E-state index contributed by atoms with van der Waals surface area (Å²) in [6.45, 7) is 1.66. The zero-order valence-corrected chi connectivity index (χ0v) is 6.94. The molecule has 0 fully saturated rings. The Kier molecular flexibility index (Phi) is 2.88. The SMILES string of the molecule is C[C@H](O)/C=C/c1ccccc1O. The Labute approximate surface area is 71.8 Å². The molecular formula is C10H12O2. The van der Waals surface area contributed by atoms with Gasteiger partial charge >= 0.3 is 0 Å². The number of hydrogen-bond donors (Lipinski definition) is 2. The first-order valence-electron chi connectivity index (χ1n) is 3.84. The average Bonchev–Trinajstić information content (AvgIpc) is 2.03. The minimum absolute atomic E-state index is 0.231. The lowest BCUT2D eigenvalue weighted by Crippen LogP contribution is -1.91. The maximum atomic E-state index is 9.29. The largest absolute Gasteiger partial charge is 0.507 e. The number of phenols is 1. The lowest BCUT2D eigenvalue weighted by atomic mass is 10.2. The number of benzene rings is 1. The van der Waals surface area contributed by atoms with E-state index in [9.17, 15) is 5.11 Å². The van der Waals surface area contributed by atoms with Gasteiger partial charge in [0.15, 0.2) is 0 Å². The molecule has 0 heterocycles. The van der Waals surface area contributed by atoms with Crippen LogP contribution in [-0.4, -0.2) is 16.3 Å². The molecule has 1 rings (SSSR count). The molecule has 0 aliphatic carbocycles. The van der Waals surface area contributed by atoms with Crippen LogP contribution in [0.15, 0.2) is 30.3 Å². The summed E-state index contributed by atoms with van der Waals surface area (Å²) in [5.41, 5.74) is 0.721. The van der Waals surface area contributed by atoms with Crippen LogP contribution in [0.1, 0.15) is 12.5 Å². The predicted octanol–water partition coefficient (Wildman–Crippen LogP) is 1.79. The third-order valence-electron chi connectivity index (χ3n) is 1.49. The Morgan fingerprint density at radius 2 is 2.00 bits per heavy atom. The second kappa shape index (κ2) is 3.93. The summed E-state index contributed by atoms with van der Waals surface area (Å²) < 4.78 is 0. The third-order valence-corrected chi connectivity index (χ3v) is 1.49. The monoisotopic (exact) mass is 164 g/mol. The van der Waals surface area contributed by atoms with Crippen LogP contribution in [0.25, 0.3) is 6.08 Å². The Morgan fingerprint density at radius 1 is 1.33 bits per heavy atom. The molecule has 0 aliphatic rings. The van der Waals surface area contributed by atoms with Gasteiger partial charge in [-0.2, -0.15) is 0 Å². The molecule has 0 bridgehead atoms. The Hall–Kier alpha value is -1.28. The van der Waals surface area contributed by atoms with Crippen LogP contribution in [0.2, 0.25) is 0 Å². The smallest absolute Gasteiger partial charge is 0.122 e. The van der Waals surface area contributed by atoms with Gasteiger partial charge in [-0.05, 0) is 13.0 Å². The minimum atomic E-state index is -0.482. The van der Waals surface area contributed by atoms with Gasteiger partial charge in [0.2, 0.25) is 0 Å². The van der Waals surface area contributed by atoms with Gasteiger partial charge < -0.3 is 10.2 Å². The van der Waals surface area contributed by atoms with Crippen molar-refractivity contribution in [1.29, 1.82) is 0 Å². The van der Waals surface area contributed by atoms with E-state index in [0.29, 0.717) is 0 Å². The number of rotatable bonds is 2. The molecule has 64 valence electrons. The predicted molar refractivity (Wildman–Crippen MR) is 48.8 cm³/mol. The number of aromatic hydroxyl groups is 1. The normalized spacial score (nSPS) is 13.5. The van der Waals surface area contributed by atoms with E-state index in [2.05, 4.69) is 0 Å². The van der Waals surface area contributed by atoms with E-state index < -0.39 is 6.10 Å². The molecule has 0 saturated heterocycles. The van der Waals surface area contributed by atoms with E-state index in [-0.39, 0.29) is 5.75 Å². The molecule has 1 aromatic rings. The van der Waals surface area contributed by atoms with Crippen LogP contribution in [0.4, 0.5) is 0 Å². The van der Waals surface area contributed by atoms with Crippen molar-refractivity contribution in [1.82, 2.24) is 0 Å². The van der Waals surface area contributed by atoms with Crippen molar-refractivity contribution in [3.05, 3.63) is 35.9 Å². The number of phenolic OH excluding ortho intramolecular Hbond substituents is 1. The van der Waals surface area contributed by atoms with Crippen LogP contribution in [0.5, 0.6) is 5.75 Å². The van der Waals surface area contributed by atoms with Gasteiger partial charge in [0.1, 0.15) is 5.75 Å². The Balaban J connectivity index is 2.82. The lowest BCUT2D eigenvalue weighted by Gasteiger charge is -1.97. The van der Waals surface area contributed by atoms with Crippen LogP contribution in [0.3, 0.4) is 0 Å². The molecule has 2 nitrogen and oxygen atoms in total. The van der Waals surface area contributed by atoms with Crippen molar-refractivity contribution in [2.24, 2.45) is 0 Å². The molecule has 0 radical (unpaired) electrons. The van der Waals surface area contributed by atoms with Crippen LogP contribution in [-0.2, 0) is 0 Å². The molecular weight excluding hydrogens is 152 g/mol. The number of aliphatic hydroxyl groups is 1. The van der Waals surface area contributed by atoms with Gasteiger partial charge in [-0.15, -0.1) is 0 Å². The molecule has 0 unspecified atom stereocenters. The number of aliphatic hydroxyl groups excluding tert-OH is 1. The summed E-state index contributed by atoms with van der Waals surface area (Å²) in [5, 5.41) is 18.2. The summed E-state index contributed by atoms with van der Waals surface area (Å²) in [6, 6.07) is 6.99. The average molecular weight is 164 g/mol. The van der Waals surface area contributed by atoms with Gasteiger partial charge in [0.05, 0.1) is 6.10 Å². The molecule has 1 aromatic carbocycles. The maximum absolute atomic E-state index is 9.29. The zero-order valence-electron chi connectivity index (χ0n) is 6.94. The lowest BCUT2D eigenvalue weighted by molar-refractivity contribution is 0.245. The molecule has 1 atom stereocenters. The van der Waals surface area contributed by atoms with Crippen molar-refractivity contribution in [2.45, 2.75) is 13.0 Å². The molecule has 0 aromatic heterocycles. The quantitative estimate of drug-likeness (QED) is 0.699. The number of hydrogen-bond acceptors (Lipinski definition) is 2. The van der Waals surface area contributed by atoms with Crippen LogP contribution < -0.4 is 0 Å². The van der Waals surface area contributed by atoms with E-state index in [0.717, 1.165) is 5.56 Å². The van der Waals surface area contributed by atoms with Crippen molar-refractivity contribution >= 4 is 6.08 Å². The third kappa shape index (κ3) is 2.40. The van der Waals surface area contributed by atoms with Crippen LogP contribution >= 0.6 is 0 Å². The highest BCUT2D eigenvalue weighted by Crippen LogP contribution is 2.16. The second-order valence-electron chi connectivity index (χ2n) is 2.66. The summed E-state index contributed by atoms with van der Waals surface area (Å²) in [5.74, 6) is 0.231. The molecule has 0 saturated carbocycles. The topological polar surface area (TPSA) is 40.5 Å². The van der Waals surface area contributed by atoms with Crippen molar-refractivity contribution < 1.29 is 10.2 Å². The summed E-state index contributed by atoms with van der Waals surface area (Å²) in [7, 11) is 0. The molecule has 12 heavy (non-hydrogen) atoms. The first-order valence-corrected chi connectivity index (χ1v) is 3.84. The summed E-state index contributed by atoms with van der Waals surface area (Å²) >= 11 is 0. The van der Waals surface area contributed by atoms with E-state index >= 15 is 0 Å².